The average molecular weight is 322 g/mol. The average Bonchev–Trinajstić information content (AvgIpc) is 2.54. The number of rotatable bonds is 6. The molecule has 0 amide bonds. The SMILES string of the molecule is COc1ccc(NC(=S)NCCCN2CCC(C)CC2)cn1. The minimum Gasteiger partial charge on any atom is -0.481 e. The number of ether oxygens (including phenoxy) is 1. The molecule has 0 atom stereocenters. The lowest BCUT2D eigenvalue weighted by atomic mass is 9.99. The van der Waals surface area contributed by atoms with Gasteiger partial charge in [0.15, 0.2) is 5.11 Å². The van der Waals surface area contributed by atoms with Crippen molar-refractivity contribution < 1.29 is 4.74 Å². The number of pyridine rings is 1. The third-order valence-corrected chi connectivity index (χ3v) is 4.26. The number of hydrogen-bond acceptors (Lipinski definition) is 4. The van der Waals surface area contributed by atoms with Crippen LogP contribution in [-0.2, 0) is 0 Å². The molecule has 0 radical (unpaired) electrons. The van der Waals surface area contributed by atoms with E-state index < -0.39 is 0 Å². The van der Waals surface area contributed by atoms with Gasteiger partial charge in [0.05, 0.1) is 19.0 Å². The van der Waals surface area contributed by atoms with E-state index in [0.29, 0.717) is 11.0 Å². The monoisotopic (exact) mass is 322 g/mol. The molecule has 1 aliphatic heterocycles. The first-order chi connectivity index (χ1) is 10.7. The minimum absolute atomic E-state index is 0.597. The number of aromatic nitrogens is 1. The number of nitrogens with zero attached hydrogens (tertiary/aromatic N) is 2. The molecule has 1 saturated heterocycles. The number of anilines is 1. The van der Waals surface area contributed by atoms with Gasteiger partial charge in [-0.15, -0.1) is 0 Å². The highest BCUT2D eigenvalue weighted by Crippen LogP contribution is 2.15. The predicted octanol–water partition coefficient (Wildman–Crippen LogP) is 2.50. The Morgan fingerprint density at radius 2 is 2.18 bits per heavy atom. The summed E-state index contributed by atoms with van der Waals surface area (Å²) in [5.41, 5.74) is 0.864. The maximum absolute atomic E-state index is 5.29. The van der Waals surface area contributed by atoms with Gasteiger partial charge >= 0.3 is 0 Å². The summed E-state index contributed by atoms with van der Waals surface area (Å²) in [6.07, 6.45) is 5.48. The third kappa shape index (κ3) is 5.77. The van der Waals surface area contributed by atoms with E-state index in [1.807, 2.05) is 12.1 Å². The molecule has 0 unspecified atom stereocenters. The summed E-state index contributed by atoms with van der Waals surface area (Å²) in [5.74, 6) is 1.49. The van der Waals surface area contributed by atoms with Crippen molar-refractivity contribution in [3.8, 4) is 5.88 Å². The van der Waals surface area contributed by atoms with Crippen molar-refractivity contribution >= 4 is 23.0 Å². The predicted molar refractivity (Wildman–Crippen MR) is 94.5 cm³/mol. The zero-order valence-corrected chi connectivity index (χ0v) is 14.3. The van der Waals surface area contributed by atoms with Crippen LogP contribution in [-0.4, -0.2) is 48.3 Å². The molecule has 2 heterocycles. The van der Waals surface area contributed by atoms with Gasteiger partial charge in [-0.2, -0.15) is 0 Å². The molecule has 0 aromatic carbocycles. The first-order valence-electron chi connectivity index (χ1n) is 7.94. The molecule has 2 rings (SSSR count). The zero-order valence-electron chi connectivity index (χ0n) is 13.5. The lowest BCUT2D eigenvalue weighted by Gasteiger charge is -2.30. The van der Waals surface area contributed by atoms with Gasteiger partial charge < -0.3 is 20.3 Å². The Kier molecular flexibility index (Phi) is 6.86. The maximum atomic E-state index is 5.29. The fourth-order valence-electron chi connectivity index (χ4n) is 2.54. The Balaban J connectivity index is 1.59. The second-order valence-corrected chi connectivity index (χ2v) is 6.26. The summed E-state index contributed by atoms with van der Waals surface area (Å²) in [7, 11) is 1.60. The van der Waals surface area contributed by atoms with Crippen LogP contribution in [0.2, 0.25) is 0 Å². The number of piperidine rings is 1. The van der Waals surface area contributed by atoms with Gasteiger partial charge in [0.25, 0.3) is 0 Å². The van der Waals surface area contributed by atoms with Gasteiger partial charge in [-0.3, -0.25) is 0 Å². The van der Waals surface area contributed by atoms with Crippen LogP contribution in [0.3, 0.4) is 0 Å². The van der Waals surface area contributed by atoms with Crippen LogP contribution in [0.25, 0.3) is 0 Å². The smallest absolute Gasteiger partial charge is 0.213 e. The summed E-state index contributed by atoms with van der Waals surface area (Å²) in [4.78, 5) is 6.68. The molecule has 0 bridgehead atoms. The van der Waals surface area contributed by atoms with Crippen molar-refractivity contribution in [2.24, 2.45) is 5.92 Å². The number of hydrogen-bond donors (Lipinski definition) is 2. The molecule has 22 heavy (non-hydrogen) atoms. The molecular weight excluding hydrogens is 296 g/mol. The van der Waals surface area contributed by atoms with Crippen molar-refractivity contribution in [1.82, 2.24) is 15.2 Å². The molecule has 1 fully saturated rings. The van der Waals surface area contributed by atoms with Gasteiger partial charge in [0, 0.05) is 12.6 Å². The van der Waals surface area contributed by atoms with E-state index in [-0.39, 0.29) is 0 Å². The molecule has 1 aromatic heterocycles. The van der Waals surface area contributed by atoms with Crippen LogP contribution in [0, 0.1) is 5.92 Å². The molecule has 0 spiro atoms. The third-order valence-electron chi connectivity index (χ3n) is 4.02. The fraction of sp³-hybridized carbons (Fsp3) is 0.625. The molecule has 5 nitrogen and oxygen atoms in total. The van der Waals surface area contributed by atoms with Gasteiger partial charge in [-0.1, -0.05) is 6.92 Å². The van der Waals surface area contributed by atoms with Crippen LogP contribution in [0.15, 0.2) is 18.3 Å². The Morgan fingerprint density at radius 1 is 1.41 bits per heavy atom. The molecule has 122 valence electrons. The van der Waals surface area contributed by atoms with Crippen LogP contribution in [0.1, 0.15) is 26.2 Å². The maximum Gasteiger partial charge on any atom is 0.213 e. The second-order valence-electron chi connectivity index (χ2n) is 5.85. The van der Waals surface area contributed by atoms with Gasteiger partial charge in [-0.25, -0.2) is 4.98 Å². The lowest BCUT2D eigenvalue weighted by Crippen LogP contribution is -2.36. The van der Waals surface area contributed by atoms with Gasteiger partial charge in [0.2, 0.25) is 5.88 Å². The first-order valence-corrected chi connectivity index (χ1v) is 8.35. The van der Waals surface area contributed by atoms with E-state index in [0.717, 1.165) is 31.1 Å². The highest BCUT2D eigenvalue weighted by molar-refractivity contribution is 7.80. The summed E-state index contributed by atoms with van der Waals surface area (Å²) in [6.45, 7) is 6.85. The molecular formula is C16H26N4OS. The number of thiocarbonyl (C=S) groups is 1. The van der Waals surface area contributed by atoms with Crippen LogP contribution >= 0.6 is 12.2 Å². The van der Waals surface area contributed by atoms with Crippen molar-refractivity contribution in [1.29, 1.82) is 0 Å². The van der Waals surface area contributed by atoms with E-state index in [2.05, 4.69) is 27.4 Å². The van der Waals surface area contributed by atoms with Crippen molar-refractivity contribution in [3.63, 3.8) is 0 Å². The zero-order chi connectivity index (χ0) is 15.8. The summed E-state index contributed by atoms with van der Waals surface area (Å²) >= 11 is 5.29. The number of nitrogens with one attached hydrogen (secondary N) is 2. The van der Waals surface area contributed by atoms with E-state index in [1.165, 1.54) is 25.9 Å². The minimum atomic E-state index is 0.597. The summed E-state index contributed by atoms with van der Waals surface area (Å²) in [6, 6.07) is 3.71. The van der Waals surface area contributed by atoms with Crippen molar-refractivity contribution in [2.45, 2.75) is 26.2 Å². The molecule has 6 heteroatoms. The normalized spacial score (nSPS) is 16.3. The van der Waals surface area contributed by atoms with Crippen molar-refractivity contribution in [3.05, 3.63) is 18.3 Å². The van der Waals surface area contributed by atoms with Crippen LogP contribution < -0.4 is 15.4 Å². The molecule has 0 saturated carbocycles. The highest BCUT2D eigenvalue weighted by atomic mass is 32.1. The Hall–Kier alpha value is -1.40. The number of methoxy groups -OCH3 is 1. The van der Waals surface area contributed by atoms with Gasteiger partial charge in [-0.05, 0) is 63.1 Å². The van der Waals surface area contributed by atoms with Crippen molar-refractivity contribution in [2.75, 3.05) is 38.6 Å². The lowest BCUT2D eigenvalue weighted by molar-refractivity contribution is 0.191. The van der Waals surface area contributed by atoms with E-state index in [4.69, 9.17) is 17.0 Å². The molecule has 0 aliphatic carbocycles. The molecule has 1 aliphatic rings. The largest absolute Gasteiger partial charge is 0.481 e. The fourth-order valence-corrected chi connectivity index (χ4v) is 2.76. The summed E-state index contributed by atoms with van der Waals surface area (Å²) < 4.78 is 5.03. The first kappa shape index (κ1) is 17.0. The summed E-state index contributed by atoms with van der Waals surface area (Å²) in [5, 5.41) is 7.01. The Morgan fingerprint density at radius 3 is 2.82 bits per heavy atom. The van der Waals surface area contributed by atoms with E-state index in [1.54, 1.807) is 13.3 Å². The standard InChI is InChI=1S/C16H26N4OS/c1-13-6-10-20(11-7-13)9-3-8-17-16(22)19-14-4-5-15(21-2)18-12-14/h4-5,12-13H,3,6-11H2,1-2H3,(H2,17,19,22). The van der Waals surface area contributed by atoms with Crippen LogP contribution in [0.5, 0.6) is 5.88 Å². The Bertz CT molecular complexity index is 458. The second kappa shape index (κ2) is 8.90. The number of likely N-dealkylation sites (tertiary alicyclic amines) is 1. The topological polar surface area (TPSA) is 49.4 Å². The van der Waals surface area contributed by atoms with Crippen LogP contribution in [0.4, 0.5) is 5.69 Å². The Labute approximate surface area is 138 Å². The van der Waals surface area contributed by atoms with E-state index >= 15 is 0 Å². The van der Waals surface area contributed by atoms with Gasteiger partial charge in [0.1, 0.15) is 0 Å². The molecule has 1 aromatic rings. The highest BCUT2D eigenvalue weighted by Gasteiger charge is 2.14. The molecule has 2 N–H and O–H groups in total. The quantitative estimate of drug-likeness (QED) is 0.620. The van der Waals surface area contributed by atoms with E-state index in [9.17, 15) is 0 Å².